The topological polar surface area (TPSA) is 461 Å². The Morgan fingerprint density at radius 1 is 0.507 bits per heavy atom. The van der Waals surface area contributed by atoms with Crippen LogP contribution in [0, 0.1) is 0 Å². The standard InChI is InChI=1S/C44H73N13O14/c1-23(49-34(61)21-47)37(63)52-29(16-17-33(48)60)39(65)55-31(20-27-12-6-5-7-13-27)41(67)56-32(22-58)42(68)53-28(14-8-10-18-45)40(66)57-35(26(4)59)43(69)51-24(2)36(62)50-25(3)38(64)54-30(44(70)71)15-9-11-19-46/h5-7,12-13,23-26,28-32,35,58-59H,8-11,14-22,45-47H2,1-4H3,(H2,48,60)(H,49,61)(H,50,62)(H,51,69)(H,52,63)(H,53,68)(H,54,64)(H,55,65)(H,56,67)(H,57,66)(H,70,71)/t23-,24-,25-,26+,28-,29-,30-,31-,32-,35-/m0/s1. The Morgan fingerprint density at radius 2 is 0.930 bits per heavy atom. The third-order valence-electron chi connectivity index (χ3n) is 10.7. The lowest BCUT2D eigenvalue weighted by Crippen LogP contribution is -2.62. The number of primary amides is 1. The van der Waals surface area contributed by atoms with Gasteiger partial charge in [0.2, 0.25) is 59.1 Å². The number of nitrogens with one attached hydrogen (secondary N) is 9. The van der Waals surface area contributed by atoms with Gasteiger partial charge in [0, 0.05) is 12.8 Å². The second kappa shape index (κ2) is 32.9. The average Bonchev–Trinajstić information content (AvgIpc) is 3.32. The van der Waals surface area contributed by atoms with E-state index in [2.05, 4.69) is 47.9 Å². The largest absolute Gasteiger partial charge is 0.480 e. The number of carbonyl (C=O) groups is 11. The number of carbonyl (C=O) groups excluding carboxylic acids is 10. The first-order valence-electron chi connectivity index (χ1n) is 23.2. The van der Waals surface area contributed by atoms with Gasteiger partial charge in [-0.2, -0.15) is 0 Å². The van der Waals surface area contributed by atoms with Gasteiger partial charge in [0.15, 0.2) is 0 Å². The van der Waals surface area contributed by atoms with Gasteiger partial charge in [0.05, 0.1) is 19.3 Å². The summed E-state index contributed by atoms with van der Waals surface area (Å²) in [7, 11) is 0. The summed E-state index contributed by atoms with van der Waals surface area (Å²) in [6.45, 7) is 4.08. The number of aliphatic carboxylic acids is 1. The lowest BCUT2D eigenvalue weighted by molar-refractivity contribution is -0.142. The molecule has 0 aliphatic carbocycles. The van der Waals surface area contributed by atoms with Crippen molar-refractivity contribution in [2.75, 3.05) is 26.2 Å². The van der Waals surface area contributed by atoms with Crippen LogP contribution in [0.4, 0.5) is 0 Å². The molecule has 0 bridgehead atoms. The monoisotopic (exact) mass is 1010 g/mol. The van der Waals surface area contributed by atoms with E-state index in [9.17, 15) is 68.1 Å². The summed E-state index contributed by atoms with van der Waals surface area (Å²) >= 11 is 0. The van der Waals surface area contributed by atoms with Gasteiger partial charge in [-0.3, -0.25) is 47.9 Å². The maximum Gasteiger partial charge on any atom is 0.326 e. The maximum atomic E-state index is 13.9. The Labute approximate surface area is 411 Å². The van der Waals surface area contributed by atoms with E-state index in [-0.39, 0.29) is 45.1 Å². The van der Waals surface area contributed by atoms with Crippen LogP contribution in [0.3, 0.4) is 0 Å². The molecule has 0 saturated carbocycles. The zero-order chi connectivity index (χ0) is 53.8. The smallest absolute Gasteiger partial charge is 0.326 e. The Kier molecular flexibility index (Phi) is 28.8. The van der Waals surface area contributed by atoms with Crippen LogP contribution in [-0.4, -0.2) is 167 Å². The molecule has 27 nitrogen and oxygen atoms in total. The van der Waals surface area contributed by atoms with E-state index in [1.807, 2.05) is 0 Å². The molecular weight excluding hydrogens is 935 g/mol. The lowest BCUT2D eigenvalue weighted by atomic mass is 10.0. The van der Waals surface area contributed by atoms with Crippen molar-refractivity contribution in [3.63, 3.8) is 0 Å². The Morgan fingerprint density at radius 3 is 1.44 bits per heavy atom. The summed E-state index contributed by atoms with van der Waals surface area (Å²) in [6.07, 6.45) is -0.893. The summed E-state index contributed by atoms with van der Waals surface area (Å²) in [5, 5.41) is 51.8. The molecule has 0 unspecified atom stereocenters. The van der Waals surface area contributed by atoms with Gasteiger partial charge < -0.3 is 86.1 Å². The highest BCUT2D eigenvalue weighted by atomic mass is 16.4. The minimum Gasteiger partial charge on any atom is -0.480 e. The van der Waals surface area contributed by atoms with Crippen molar-refractivity contribution < 1.29 is 68.1 Å². The minimum absolute atomic E-state index is 0.0941. The summed E-state index contributed by atoms with van der Waals surface area (Å²) in [6, 6.07) is -4.66. The molecular formula is C44H73N13O14. The van der Waals surface area contributed by atoms with Gasteiger partial charge in [-0.1, -0.05) is 30.3 Å². The fourth-order valence-corrected chi connectivity index (χ4v) is 6.53. The molecule has 20 N–H and O–H groups in total. The van der Waals surface area contributed by atoms with Crippen LogP contribution in [0.2, 0.25) is 0 Å². The molecule has 0 aliphatic heterocycles. The second-order valence-corrected chi connectivity index (χ2v) is 16.8. The molecule has 0 heterocycles. The normalized spacial score (nSPS) is 15.2. The lowest BCUT2D eigenvalue weighted by Gasteiger charge is -2.28. The van der Waals surface area contributed by atoms with Gasteiger partial charge in [-0.25, -0.2) is 4.79 Å². The summed E-state index contributed by atoms with van der Waals surface area (Å²) in [5.41, 5.74) is 22.2. The third kappa shape index (κ3) is 23.6. The third-order valence-corrected chi connectivity index (χ3v) is 10.7. The van der Waals surface area contributed by atoms with E-state index in [4.69, 9.17) is 22.9 Å². The van der Waals surface area contributed by atoms with Gasteiger partial charge in [-0.05, 0) is 91.3 Å². The van der Waals surface area contributed by atoms with Crippen molar-refractivity contribution in [1.29, 1.82) is 0 Å². The number of aliphatic hydroxyl groups is 2. The number of rotatable bonds is 34. The first-order chi connectivity index (χ1) is 33.5. The highest BCUT2D eigenvalue weighted by Gasteiger charge is 2.35. The van der Waals surface area contributed by atoms with Crippen LogP contribution in [0.25, 0.3) is 0 Å². The van der Waals surface area contributed by atoms with E-state index in [1.54, 1.807) is 30.3 Å². The van der Waals surface area contributed by atoms with Crippen LogP contribution >= 0.6 is 0 Å². The molecule has 0 aliphatic rings. The van der Waals surface area contributed by atoms with Crippen molar-refractivity contribution in [2.45, 2.75) is 146 Å². The SMILES string of the molecule is C[C@H](NC(=O)CN)C(=O)N[C@@H](CCC(N)=O)C(=O)N[C@@H](Cc1ccccc1)C(=O)N[C@@H](CO)C(=O)N[C@@H](CCCCN)C(=O)N[C@H](C(=O)N[C@@H](C)C(=O)N[C@@H](C)C(=O)N[C@@H](CCCCN)C(=O)O)[C@@H](C)O. The van der Waals surface area contributed by atoms with Crippen LogP contribution in [0.15, 0.2) is 30.3 Å². The number of amides is 10. The Hall–Kier alpha value is -6.81. The Bertz CT molecular complexity index is 1960. The second-order valence-electron chi connectivity index (χ2n) is 16.8. The molecule has 398 valence electrons. The quantitative estimate of drug-likeness (QED) is 0.0286. The number of unbranched alkanes of at least 4 members (excludes halogenated alkanes) is 2. The molecule has 0 fully saturated rings. The predicted molar refractivity (Wildman–Crippen MR) is 254 cm³/mol. The fraction of sp³-hybridized carbons (Fsp3) is 0.614. The first kappa shape index (κ1) is 62.2. The molecule has 1 aromatic rings. The predicted octanol–water partition coefficient (Wildman–Crippen LogP) is -6.41. The van der Waals surface area contributed by atoms with Crippen LogP contribution < -0.4 is 70.8 Å². The van der Waals surface area contributed by atoms with Gasteiger partial charge in [-0.15, -0.1) is 0 Å². The number of carboxylic acid groups (broad SMARTS) is 1. The molecule has 0 spiro atoms. The van der Waals surface area contributed by atoms with Crippen LogP contribution in [0.5, 0.6) is 0 Å². The van der Waals surface area contributed by atoms with Gasteiger partial charge >= 0.3 is 5.97 Å². The molecule has 1 aromatic carbocycles. The zero-order valence-corrected chi connectivity index (χ0v) is 40.5. The first-order valence-corrected chi connectivity index (χ1v) is 23.2. The van der Waals surface area contributed by atoms with E-state index < -0.39 is 139 Å². The summed E-state index contributed by atoms with van der Waals surface area (Å²) in [5.74, 6) is -10.4. The average molecular weight is 1010 g/mol. The maximum absolute atomic E-state index is 13.9. The van der Waals surface area contributed by atoms with Crippen molar-refractivity contribution >= 4 is 65.0 Å². The van der Waals surface area contributed by atoms with Crippen molar-refractivity contribution in [1.82, 2.24) is 47.9 Å². The molecule has 1 rings (SSSR count). The molecule has 10 amide bonds. The fourth-order valence-electron chi connectivity index (χ4n) is 6.53. The van der Waals surface area contributed by atoms with Crippen molar-refractivity contribution in [3.05, 3.63) is 35.9 Å². The number of aliphatic hydroxyl groups excluding tert-OH is 2. The van der Waals surface area contributed by atoms with E-state index in [0.717, 1.165) is 6.92 Å². The van der Waals surface area contributed by atoms with Crippen LogP contribution in [-0.2, 0) is 59.2 Å². The molecule has 0 saturated heterocycles. The molecule has 71 heavy (non-hydrogen) atoms. The van der Waals surface area contributed by atoms with E-state index >= 15 is 0 Å². The zero-order valence-electron chi connectivity index (χ0n) is 40.5. The number of carboxylic acids is 1. The van der Waals surface area contributed by atoms with E-state index in [0.29, 0.717) is 31.4 Å². The Balaban J connectivity index is 3.26. The number of nitrogens with two attached hydrogens (primary N) is 4. The number of hydrogen-bond acceptors (Lipinski definition) is 16. The highest BCUT2D eigenvalue weighted by molar-refractivity contribution is 5.98. The number of hydrogen-bond donors (Lipinski definition) is 16. The summed E-state index contributed by atoms with van der Waals surface area (Å²) < 4.78 is 0. The van der Waals surface area contributed by atoms with Crippen molar-refractivity contribution in [2.24, 2.45) is 22.9 Å². The molecule has 0 radical (unpaired) electrons. The van der Waals surface area contributed by atoms with E-state index in [1.165, 1.54) is 20.8 Å². The van der Waals surface area contributed by atoms with Crippen LogP contribution in [0.1, 0.15) is 84.6 Å². The van der Waals surface area contributed by atoms with Crippen molar-refractivity contribution in [3.8, 4) is 0 Å². The van der Waals surface area contributed by atoms with Gasteiger partial charge in [0.25, 0.3) is 0 Å². The summed E-state index contributed by atoms with van der Waals surface area (Å²) in [4.78, 5) is 142. The van der Waals surface area contributed by atoms with Gasteiger partial charge in [0.1, 0.15) is 54.4 Å². The molecule has 10 atom stereocenters. The minimum atomic E-state index is -1.76. The molecule has 27 heteroatoms. The highest BCUT2D eigenvalue weighted by Crippen LogP contribution is 2.09. The molecule has 0 aromatic heterocycles. The number of benzene rings is 1.